The van der Waals surface area contributed by atoms with E-state index in [2.05, 4.69) is 19.2 Å². The first-order valence-electron chi connectivity index (χ1n) is 7.91. The molecule has 2 N–H and O–H groups in total. The third-order valence-electron chi connectivity index (χ3n) is 4.49. The lowest BCUT2D eigenvalue weighted by molar-refractivity contribution is 0.0288. The number of alkyl carbamates (subject to hydrolysis) is 1. The molecule has 1 rings (SSSR count). The van der Waals surface area contributed by atoms with Gasteiger partial charge in [0.25, 0.3) is 0 Å². The maximum atomic E-state index is 12.1. The third kappa shape index (κ3) is 4.65. The van der Waals surface area contributed by atoms with E-state index in [0.29, 0.717) is 5.92 Å². The summed E-state index contributed by atoms with van der Waals surface area (Å²) in [5.74, 6) is 0.424. The summed E-state index contributed by atoms with van der Waals surface area (Å²) in [6, 6.07) is 0. The van der Waals surface area contributed by atoms with Crippen LogP contribution in [0.25, 0.3) is 0 Å². The minimum Gasteiger partial charge on any atom is -0.444 e. The molecule has 0 atom stereocenters. The van der Waals surface area contributed by atoms with Crippen molar-refractivity contribution in [2.45, 2.75) is 90.4 Å². The highest BCUT2D eigenvalue weighted by Gasteiger charge is 2.39. The topological polar surface area (TPSA) is 58.6 Å². The minimum absolute atomic E-state index is 0.167. The average molecular weight is 285 g/mol. The molecule has 0 bridgehead atoms. The zero-order chi connectivity index (χ0) is 15.4. The lowest BCUT2D eigenvalue weighted by Gasteiger charge is -2.43. The molecule has 0 heterocycles. The van der Waals surface area contributed by atoms with Crippen molar-refractivity contribution < 1.29 is 14.6 Å². The third-order valence-corrected chi connectivity index (χ3v) is 4.49. The molecule has 0 saturated heterocycles. The van der Waals surface area contributed by atoms with E-state index in [1.54, 1.807) is 0 Å². The van der Waals surface area contributed by atoms with E-state index in [-0.39, 0.29) is 17.7 Å². The summed E-state index contributed by atoms with van der Waals surface area (Å²) < 4.78 is 5.41. The van der Waals surface area contributed by atoms with Gasteiger partial charge in [-0.1, -0.05) is 13.8 Å². The highest BCUT2D eigenvalue weighted by Crippen LogP contribution is 2.37. The molecular formula is C16H31NO3. The summed E-state index contributed by atoms with van der Waals surface area (Å²) >= 11 is 0. The van der Waals surface area contributed by atoms with E-state index in [4.69, 9.17) is 4.74 Å². The number of nitrogens with one attached hydrogen (secondary N) is 1. The molecule has 118 valence electrons. The van der Waals surface area contributed by atoms with Gasteiger partial charge in [-0.2, -0.15) is 0 Å². The molecule has 1 fully saturated rings. The van der Waals surface area contributed by atoms with Crippen LogP contribution in [0.1, 0.15) is 73.1 Å². The molecule has 0 aromatic rings. The summed E-state index contributed by atoms with van der Waals surface area (Å²) in [7, 11) is 0. The zero-order valence-electron chi connectivity index (χ0n) is 13.7. The van der Waals surface area contributed by atoms with Gasteiger partial charge in [0.1, 0.15) is 5.60 Å². The number of aliphatic hydroxyl groups is 1. The van der Waals surface area contributed by atoms with Crippen LogP contribution in [0.4, 0.5) is 4.79 Å². The van der Waals surface area contributed by atoms with E-state index < -0.39 is 5.60 Å². The predicted octanol–water partition coefficient (Wildman–Crippen LogP) is 3.62. The SMILES string of the molecule is CCC(CC)(NC(=O)OC(C)(C)C)C1CCC(O)CC1. The second kappa shape index (κ2) is 6.79. The Morgan fingerprint density at radius 3 is 2.05 bits per heavy atom. The zero-order valence-corrected chi connectivity index (χ0v) is 13.7. The van der Waals surface area contributed by atoms with Crippen molar-refractivity contribution in [2.24, 2.45) is 5.92 Å². The maximum absolute atomic E-state index is 12.1. The van der Waals surface area contributed by atoms with Crippen LogP contribution in [0.2, 0.25) is 0 Å². The van der Waals surface area contributed by atoms with Crippen molar-refractivity contribution in [1.29, 1.82) is 0 Å². The number of hydrogen-bond acceptors (Lipinski definition) is 3. The summed E-state index contributed by atoms with van der Waals surface area (Å²) in [5, 5.41) is 12.8. The summed E-state index contributed by atoms with van der Waals surface area (Å²) in [6.07, 6.45) is 4.90. The van der Waals surface area contributed by atoms with Gasteiger partial charge in [0.15, 0.2) is 0 Å². The number of amides is 1. The summed E-state index contributed by atoms with van der Waals surface area (Å²) in [6.45, 7) is 9.87. The minimum atomic E-state index is -0.472. The second-order valence-corrected chi connectivity index (χ2v) is 7.00. The lowest BCUT2D eigenvalue weighted by Crippen LogP contribution is -2.55. The predicted molar refractivity (Wildman–Crippen MR) is 80.6 cm³/mol. The van der Waals surface area contributed by atoms with Crippen molar-refractivity contribution >= 4 is 6.09 Å². The average Bonchev–Trinajstić information content (AvgIpc) is 2.35. The van der Waals surface area contributed by atoms with E-state index in [1.807, 2.05) is 20.8 Å². The fraction of sp³-hybridized carbons (Fsp3) is 0.938. The number of hydrogen-bond donors (Lipinski definition) is 2. The van der Waals surface area contributed by atoms with Crippen LogP contribution in [-0.2, 0) is 4.74 Å². The first-order valence-corrected chi connectivity index (χ1v) is 7.91. The first-order chi connectivity index (χ1) is 9.22. The van der Waals surface area contributed by atoms with Crippen molar-refractivity contribution in [2.75, 3.05) is 0 Å². The molecule has 0 aromatic heterocycles. The molecule has 1 amide bonds. The van der Waals surface area contributed by atoms with E-state index >= 15 is 0 Å². The molecular weight excluding hydrogens is 254 g/mol. The lowest BCUT2D eigenvalue weighted by atomic mass is 9.71. The van der Waals surface area contributed by atoms with Crippen LogP contribution < -0.4 is 5.32 Å². The van der Waals surface area contributed by atoms with Crippen LogP contribution >= 0.6 is 0 Å². The molecule has 1 aliphatic carbocycles. The normalized spacial score (nSPS) is 24.3. The molecule has 0 aliphatic heterocycles. The Bertz CT molecular complexity index is 310. The van der Waals surface area contributed by atoms with E-state index in [9.17, 15) is 9.90 Å². The van der Waals surface area contributed by atoms with Gasteiger partial charge < -0.3 is 15.2 Å². The maximum Gasteiger partial charge on any atom is 0.408 e. The standard InChI is InChI=1S/C16H31NO3/c1-6-16(7-2,12-8-10-13(18)11-9-12)17-14(19)20-15(3,4)5/h12-13,18H,6-11H2,1-5H3,(H,17,19). The van der Waals surface area contributed by atoms with Crippen LogP contribution in [-0.4, -0.2) is 28.4 Å². The number of carbonyl (C=O) groups is 1. The molecule has 0 aromatic carbocycles. The largest absolute Gasteiger partial charge is 0.444 e. The fourth-order valence-electron chi connectivity index (χ4n) is 3.24. The van der Waals surface area contributed by atoms with Crippen LogP contribution in [0.5, 0.6) is 0 Å². The second-order valence-electron chi connectivity index (χ2n) is 7.00. The summed E-state index contributed by atoms with van der Waals surface area (Å²) in [4.78, 5) is 12.1. The molecule has 0 radical (unpaired) electrons. The van der Waals surface area contributed by atoms with Gasteiger partial charge in [-0.05, 0) is 65.2 Å². The Morgan fingerprint density at radius 2 is 1.65 bits per heavy atom. The fourth-order valence-corrected chi connectivity index (χ4v) is 3.24. The Kier molecular flexibility index (Phi) is 5.87. The number of carbonyl (C=O) groups excluding carboxylic acids is 1. The molecule has 0 spiro atoms. The van der Waals surface area contributed by atoms with Crippen molar-refractivity contribution in [3.8, 4) is 0 Å². The highest BCUT2D eigenvalue weighted by molar-refractivity contribution is 5.68. The van der Waals surface area contributed by atoms with Gasteiger partial charge >= 0.3 is 6.09 Å². The van der Waals surface area contributed by atoms with Gasteiger partial charge in [0.05, 0.1) is 6.10 Å². The van der Waals surface area contributed by atoms with Crippen molar-refractivity contribution in [3.05, 3.63) is 0 Å². The number of ether oxygens (including phenoxy) is 1. The Balaban J connectivity index is 2.73. The highest BCUT2D eigenvalue weighted by atomic mass is 16.6. The van der Waals surface area contributed by atoms with Crippen molar-refractivity contribution in [3.63, 3.8) is 0 Å². The van der Waals surface area contributed by atoms with Crippen LogP contribution in [0, 0.1) is 5.92 Å². The molecule has 1 saturated carbocycles. The Labute approximate surface area is 123 Å². The van der Waals surface area contributed by atoms with Gasteiger partial charge in [-0.15, -0.1) is 0 Å². The van der Waals surface area contributed by atoms with Gasteiger partial charge in [-0.25, -0.2) is 4.79 Å². The number of rotatable bonds is 4. The van der Waals surface area contributed by atoms with Crippen LogP contribution in [0.15, 0.2) is 0 Å². The van der Waals surface area contributed by atoms with Crippen molar-refractivity contribution in [1.82, 2.24) is 5.32 Å². The van der Waals surface area contributed by atoms with E-state index in [1.165, 1.54) is 0 Å². The molecule has 4 heteroatoms. The van der Waals surface area contributed by atoms with Gasteiger partial charge in [-0.3, -0.25) is 0 Å². The summed E-state index contributed by atoms with van der Waals surface area (Å²) in [5.41, 5.74) is -0.678. The van der Waals surface area contributed by atoms with Gasteiger partial charge in [0, 0.05) is 5.54 Å². The van der Waals surface area contributed by atoms with E-state index in [0.717, 1.165) is 38.5 Å². The number of aliphatic hydroxyl groups excluding tert-OH is 1. The molecule has 4 nitrogen and oxygen atoms in total. The smallest absolute Gasteiger partial charge is 0.408 e. The monoisotopic (exact) mass is 285 g/mol. The Hall–Kier alpha value is -0.770. The van der Waals surface area contributed by atoms with Crippen LogP contribution in [0.3, 0.4) is 0 Å². The first kappa shape index (κ1) is 17.3. The molecule has 0 unspecified atom stereocenters. The quantitative estimate of drug-likeness (QED) is 0.829. The molecule has 1 aliphatic rings. The van der Waals surface area contributed by atoms with Gasteiger partial charge in [0.2, 0.25) is 0 Å². The Morgan fingerprint density at radius 1 is 1.15 bits per heavy atom. The molecule has 20 heavy (non-hydrogen) atoms.